The molecule has 1 nitrogen and oxygen atoms in total. The molecule has 0 aromatic heterocycles. The Morgan fingerprint density at radius 2 is 1.29 bits per heavy atom. The fraction of sp³-hybridized carbons (Fsp3) is 0.684. The zero-order valence-corrected chi connectivity index (χ0v) is 15.6. The second kappa shape index (κ2) is 15.9. The summed E-state index contributed by atoms with van der Waals surface area (Å²) in [4.78, 5) is 2.51. The number of benzene rings is 1. The molecule has 0 aliphatic rings. The second-order valence-electron chi connectivity index (χ2n) is 5.26. The first-order valence-electron chi connectivity index (χ1n) is 8.53. The molecule has 0 aliphatic carbocycles. The van der Waals surface area contributed by atoms with Crippen LogP contribution in [0.4, 0.5) is 0 Å². The van der Waals surface area contributed by atoms with Gasteiger partial charge in [-0.25, -0.2) is 0 Å². The molecule has 1 unspecified atom stereocenters. The predicted octanol–water partition coefficient (Wildman–Crippen LogP) is 6.49. The van der Waals surface area contributed by atoms with Gasteiger partial charge in [0.05, 0.1) is 0 Å². The molecule has 1 rings (SSSR count). The van der Waals surface area contributed by atoms with E-state index >= 15 is 0 Å². The maximum Gasteiger partial charge on any atom is 0.0345 e. The van der Waals surface area contributed by atoms with Gasteiger partial charge >= 0.3 is 0 Å². The lowest BCUT2D eigenvalue weighted by Crippen LogP contribution is -2.27. The average molecular weight is 314 g/mol. The van der Waals surface area contributed by atoms with E-state index in [9.17, 15) is 0 Å². The van der Waals surface area contributed by atoms with E-state index in [1.54, 1.807) is 0 Å². The predicted molar refractivity (Wildman–Crippen MR) is 99.5 cm³/mol. The van der Waals surface area contributed by atoms with Crippen LogP contribution in [0.3, 0.4) is 0 Å². The lowest BCUT2D eigenvalue weighted by atomic mass is 10.0. The molecule has 1 aromatic rings. The Morgan fingerprint density at radius 1 is 0.810 bits per heavy atom. The van der Waals surface area contributed by atoms with Crippen LogP contribution < -0.4 is 0 Å². The Morgan fingerprint density at radius 3 is 1.62 bits per heavy atom. The summed E-state index contributed by atoms with van der Waals surface area (Å²) in [6.07, 6.45) is 6.72. The van der Waals surface area contributed by atoms with Crippen molar-refractivity contribution in [1.29, 1.82) is 0 Å². The van der Waals surface area contributed by atoms with E-state index in [2.05, 4.69) is 69.9 Å². The van der Waals surface area contributed by atoms with E-state index in [0.717, 1.165) is 13.1 Å². The summed E-state index contributed by atoms with van der Waals surface area (Å²) in [6, 6.07) is 11.4. The van der Waals surface area contributed by atoms with E-state index in [-0.39, 0.29) is 12.4 Å². The van der Waals surface area contributed by atoms with Crippen LogP contribution in [0, 0.1) is 0 Å². The molecule has 0 N–H and O–H groups in total. The Bertz CT molecular complexity index is 292. The molecule has 0 amide bonds. The molecule has 0 spiro atoms. The molecule has 2 heteroatoms. The van der Waals surface area contributed by atoms with Crippen LogP contribution in [-0.2, 0) is 0 Å². The molecule has 1 atom stereocenters. The number of nitrogens with zero attached hydrogens (tertiary/aromatic N) is 1. The van der Waals surface area contributed by atoms with Gasteiger partial charge in [-0.2, -0.15) is 0 Å². The highest BCUT2D eigenvalue weighted by Crippen LogP contribution is 2.23. The smallest absolute Gasteiger partial charge is 0.0345 e. The summed E-state index contributed by atoms with van der Waals surface area (Å²) in [5.74, 6) is 0. The van der Waals surface area contributed by atoms with E-state index in [1.165, 1.54) is 37.7 Å². The lowest BCUT2D eigenvalue weighted by molar-refractivity contribution is 0.213. The van der Waals surface area contributed by atoms with Crippen molar-refractivity contribution < 1.29 is 0 Å². The Kier molecular flexibility index (Phi) is 17.2. The summed E-state index contributed by atoms with van der Waals surface area (Å²) in [7, 11) is 0. The van der Waals surface area contributed by atoms with Gasteiger partial charge in [0.1, 0.15) is 0 Å². The number of unbranched alkanes of at least 4 members (excludes halogenated alkanes) is 3. The first kappa shape index (κ1) is 22.7. The van der Waals surface area contributed by atoms with Gasteiger partial charge in [0.2, 0.25) is 0 Å². The minimum atomic E-state index is 0. The van der Waals surface area contributed by atoms with Gasteiger partial charge in [0, 0.05) is 6.04 Å². The second-order valence-corrected chi connectivity index (χ2v) is 5.26. The topological polar surface area (TPSA) is 3.24 Å². The molecule has 0 fully saturated rings. The highest BCUT2D eigenvalue weighted by molar-refractivity contribution is 5.85. The van der Waals surface area contributed by atoms with E-state index in [4.69, 9.17) is 0 Å². The third-order valence-electron chi connectivity index (χ3n) is 3.78. The van der Waals surface area contributed by atoms with E-state index in [1.807, 2.05) is 0 Å². The maximum atomic E-state index is 2.51. The number of hydrogen-bond donors (Lipinski definition) is 0. The lowest BCUT2D eigenvalue weighted by Gasteiger charge is -2.29. The van der Waals surface area contributed by atoms with Crippen molar-refractivity contribution in [3.8, 4) is 0 Å². The molecule has 0 saturated heterocycles. The average Bonchev–Trinajstić information content (AvgIpc) is 2.52. The number of rotatable bonds is 8. The molecule has 124 valence electrons. The van der Waals surface area contributed by atoms with Crippen molar-refractivity contribution in [1.82, 2.24) is 4.90 Å². The molecule has 21 heavy (non-hydrogen) atoms. The van der Waals surface area contributed by atoms with Crippen molar-refractivity contribution in [2.24, 2.45) is 0 Å². The Balaban J connectivity index is 0. The number of halogens is 1. The zero-order valence-electron chi connectivity index (χ0n) is 14.8. The fourth-order valence-electron chi connectivity index (χ4n) is 2.54. The van der Waals surface area contributed by atoms with Crippen LogP contribution in [0.25, 0.3) is 0 Å². The van der Waals surface area contributed by atoms with Gasteiger partial charge in [-0.1, -0.05) is 90.6 Å². The van der Waals surface area contributed by atoms with Crippen molar-refractivity contribution in [3.63, 3.8) is 0 Å². The normalized spacial score (nSPS) is 11.3. The summed E-state index contributed by atoms with van der Waals surface area (Å²) in [6.45, 7) is 13.4. The van der Waals surface area contributed by atoms with Crippen molar-refractivity contribution in [3.05, 3.63) is 35.9 Å². The van der Waals surface area contributed by atoms with Gasteiger partial charge in [-0.3, -0.25) is 4.90 Å². The third kappa shape index (κ3) is 9.92. The maximum absolute atomic E-state index is 2.51. The van der Waals surface area contributed by atoms with Crippen LogP contribution in [0.2, 0.25) is 0 Å². The van der Waals surface area contributed by atoms with Gasteiger partial charge in [0.25, 0.3) is 0 Å². The third-order valence-corrected chi connectivity index (χ3v) is 3.78. The highest BCUT2D eigenvalue weighted by atomic mass is 35.5. The standard InChI is InChI=1S/C13H21N.C6H14.ClH/c1-4-13(14(5-2)6-3)12-10-8-7-9-11-12;1-3-5-6-4-2;/h7-11,13H,4-6H2,1-3H3;3-6H2,1-2H3;1H. The van der Waals surface area contributed by atoms with Gasteiger partial charge < -0.3 is 0 Å². The molecular weight excluding hydrogens is 278 g/mol. The summed E-state index contributed by atoms with van der Waals surface area (Å²) >= 11 is 0. The van der Waals surface area contributed by atoms with Crippen molar-refractivity contribution in [2.75, 3.05) is 13.1 Å². The molecule has 0 bridgehead atoms. The van der Waals surface area contributed by atoms with Crippen LogP contribution in [0.15, 0.2) is 30.3 Å². The molecular formula is C19H36ClN. The van der Waals surface area contributed by atoms with Crippen LogP contribution in [0.5, 0.6) is 0 Å². The Labute approximate surface area is 139 Å². The molecule has 0 saturated carbocycles. The van der Waals surface area contributed by atoms with E-state index < -0.39 is 0 Å². The van der Waals surface area contributed by atoms with E-state index in [0.29, 0.717) is 6.04 Å². The molecule has 0 radical (unpaired) electrons. The van der Waals surface area contributed by atoms with Crippen LogP contribution >= 0.6 is 12.4 Å². The summed E-state index contributed by atoms with van der Waals surface area (Å²) < 4.78 is 0. The number of hydrogen-bond acceptors (Lipinski definition) is 1. The highest BCUT2D eigenvalue weighted by Gasteiger charge is 2.14. The minimum absolute atomic E-state index is 0. The summed E-state index contributed by atoms with van der Waals surface area (Å²) in [5.41, 5.74) is 1.44. The quantitative estimate of drug-likeness (QED) is 0.496. The van der Waals surface area contributed by atoms with Crippen molar-refractivity contribution in [2.45, 2.75) is 72.8 Å². The van der Waals surface area contributed by atoms with Crippen LogP contribution in [-0.4, -0.2) is 18.0 Å². The van der Waals surface area contributed by atoms with Crippen molar-refractivity contribution >= 4 is 12.4 Å². The fourth-order valence-corrected chi connectivity index (χ4v) is 2.54. The Hall–Kier alpha value is -0.530. The van der Waals surface area contributed by atoms with Gasteiger partial charge in [-0.05, 0) is 25.1 Å². The van der Waals surface area contributed by atoms with Gasteiger partial charge in [-0.15, -0.1) is 12.4 Å². The monoisotopic (exact) mass is 313 g/mol. The van der Waals surface area contributed by atoms with Crippen LogP contribution in [0.1, 0.15) is 78.3 Å². The first-order chi connectivity index (χ1) is 9.74. The first-order valence-corrected chi connectivity index (χ1v) is 8.53. The molecule has 1 aromatic carbocycles. The minimum Gasteiger partial charge on any atom is -0.297 e. The largest absolute Gasteiger partial charge is 0.297 e. The SMILES string of the molecule is CCC(c1ccccc1)N(CC)CC.CCCCCC.Cl. The molecule has 0 aliphatic heterocycles. The zero-order chi connectivity index (χ0) is 15.2. The summed E-state index contributed by atoms with van der Waals surface area (Å²) in [5, 5.41) is 0. The molecule has 0 heterocycles. The van der Waals surface area contributed by atoms with Gasteiger partial charge in [0.15, 0.2) is 0 Å².